The zero-order valence-electron chi connectivity index (χ0n) is 21.8. The molecule has 1 atom stereocenters. The largest absolute Gasteiger partial charge is 0.416 e. The Hall–Kier alpha value is -4.50. The lowest BCUT2D eigenvalue weighted by Crippen LogP contribution is -2.14. The van der Waals surface area contributed by atoms with E-state index in [2.05, 4.69) is 5.10 Å². The van der Waals surface area contributed by atoms with Crippen molar-refractivity contribution < 1.29 is 23.2 Å². The number of aryl methyl sites for hydroxylation is 1. The molecule has 0 saturated carbocycles. The second-order valence-corrected chi connectivity index (χ2v) is 9.32. The molecule has 1 unspecified atom stereocenters. The van der Waals surface area contributed by atoms with Crippen molar-refractivity contribution in [3.8, 4) is 16.9 Å². The molecule has 3 N–H and O–H groups in total. The van der Waals surface area contributed by atoms with Crippen molar-refractivity contribution in [2.75, 3.05) is 0 Å². The molecular formula is C31H29F3N4O2. The summed E-state index contributed by atoms with van der Waals surface area (Å²) < 4.78 is 41.4. The van der Waals surface area contributed by atoms with Crippen LogP contribution in [0.3, 0.4) is 0 Å². The van der Waals surface area contributed by atoms with Crippen molar-refractivity contribution in [3.63, 3.8) is 0 Å². The van der Waals surface area contributed by atoms with Crippen LogP contribution in [0.2, 0.25) is 0 Å². The van der Waals surface area contributed by atoms with Crippen molar-refractivity contribution in [2.45, 2.75) is 38.3 Å². The molecule has 0 fully saturated rings. The van der Waals surface area contributed by atoms with Gasteiger partial charge >= 0.3 is 6.18 Å². The molecule has 0 saturated heterocycles. The maximum atomic E-state index is 13.3. The average Bonchev–Trinajstić information content (AvgIpc) is 3.40. The fraction of sp³-hybridized carbons (Fsp3) is 0.194. The van der Waals surface area contributed by atoms with E-state index in [9.17, 15) is 18.0 Å². The number of alkyl halides is 3. The molecule has 0 aliphatic carbocycles. The molecule has 0 radical (unpaired) electrons. The van der Waals surface area contributed by atoms with Gasteiger partial charge in [-0.3, -0.25) is 10.0 Å². The minimum Gasteiger partial charge on any atom is -0.309 e. The van der Waals surface area contributed by atoms with Crippen LogP contribution in [0.15, 0.2) is 91.1 Å². The van der Waals surface area contributed by atoms with Gasteiger partial charge in [-0.2, -0.15) is 18.3 Å². The SMILES string of the molecule is CCC(C(=N)CCc1cn(-c2cccc(C(F)(F)F)c2)nc1-c1ccccc1)c1ccc(/C=C/C(=O)NO)cc1. The number of aromatic nitrogens is 2. The van der Waals surface area contributed by atoms with E-state index in [1.54, 1.807) is 23.8 Å². The number of hydrogen-bond acceptors (Lipinski definition) is 4. The Morgan fingerprint density at radius 2 is 1.80 bits per heavy atom. The highest BCUT2D eigenvalue weighted by Gasteiger charge is 2.30. The number of nitrogens with zero attached hydrogens (tertiary/aromatic N) is 2. The Balaban J connectivity index is 1.56. The van der Waals surface area contributed by atoms with Crippen molar-refractivity contribution in [1.82, 2.24) is 15.3 Å². The minimum absolute atomic E-state index is 0.113. The van der Waals surface area contributed by atoms with Crippen LogP contribution in [-0.2, 0) is 17.4 Å². The summed E-state index contributed by atoms with van der Waals surface area (Å²) in [5, 5.41) is 22.1. The second kappa shape index (κ2) is 12.6. The molecule has 0 bridgehead atoms. The second-order valence-electron chi connectivity index (χ2n) is 9.32. The molecule has 9 heteroatoms. The van der Waals surface area contributed by atoms with Gasteiger partial charge in [0.25, 0.3) is 5.91 Å². The van der Waals surface area contributed by atoms with Crippen LogP contribution < -0.4 is 5.48 Å². The van der Waals surface area contributed by atoms with Crippen molar-refractivity contribution in [2.24, 2.45) is 0 Å². The molecule has 6 nitrogen and oxygen atoms in total. The van der Waals surface area contributed by atoms with Crippen LogP contribution in [0, 0.1) is 5.41 Å². The normalized spacial score (nSPS) is 12.4. The minimum atomic E-state index is -4.46. The number of halogens is 3. The predicted octanol–water partition coefficient (Wildman–Crippen LogP) is 7.22. The topological polar surface area (TPSA) is 91.0 Å². The first-order chi connectivity index (χ1) is 19.2. The Labute approximate surface area is 230 Å². The summed E-state index contributed by atoms with van der Waals surface area (Å²) >= 11 is 0. The number of carbonyl (C=O) groups excluding carboxylic acids is 1. The van der Waals surface area contributed by atoms with E-state index in [1.165, 1.54) is 16.8 Å². The first kappa shape index (κ1) is 28.5. The number of nitrogens with one attached hydrogen (secondary N) is 2. The third-order valence-corrected chi connectivity index (χ3v) is 6.64. The Kier molecular flexibility index (Phi) is 8.96. The van der Waals surface area contributed by atoms with Gasteiger partial charge in [0.05, 0.1) is 16.9 Å². The van der Waals surface area contributed by atoms with Crippen LogP contribution in [0.1, 0.15) is 47.9 Å². The molecule has 0 aliphatic rings. The third kappa shape index (κ3) is 6.92. The lowest BCUT2D eigenvalue weighted by Gasteiger charge is -2.17. The highest BCUT2D eigenvalue weighted by molar-refractivity contribution is 5.91. The quantitative estimate of drug-likeness (QED) is 0.0849. The molecule has 3 aromatic carbocycles. The summed E-state index contributed by atoms with van der Waals surface area (Å²) in [4.78, 5) is 11.2. The van der Waals surface area contributed by atoms with Gasteiger partial charge in [-0.1, -0.05) is 67.6 Å². The number of rotatable bonds is 10. The summed E-state index contributed by atoms with van der Waals surface area (Å²) in [7, 11) is 0. The van der Waals surface area contributed by atoms with Crippen LogP contribution in [-0.4, -0.2) is 26.6 Å². The molecule has 0 spiro atoms. The lowest BCUT2D eigenvalue weighted by molar-refractivity contribution is -0.137. The maximum absolute atomic E-state index is 13.3. The number of hydroxylamine groups is 1. The number of hydrogen-bond donors (Lipinski definition) is 3. The van der Waals surface area contributed by atoms with E-state index in [0.717, 1.165) is 40.8 Å². The van der Waals surface area contributed by atoms with Gasteiger partial charge in [-0.25, -0.2) is 10.2 Å². The van der Waals surface area contributed by atoms with Crippen molar-refractivity contribution in [3.05, 3.63) is 113 Å². The third-order valence-electron chi connectivity index (χ3n) is 6.64. The molecule has 0 aliphatic heterocycles. The molecule has 40 heavy (non-hydrogen) atoms. The van der Waals surface area contributed by atoms with E-state index < -0.39 is 17.6 Å². The van der Waals surface area contributed by atoms with Gasteiger partial charge in [0.2, 0.25) is 0 Å². The number of amides is 1. The van der Waals surface area contributed by atoms with Crippen molar-refractivity contribution >= 4 is 17.7 Å². The van der Waals surface area contributed by atoms with Crippen LogP contribution in [0.5, 0.6) is 0 Å². The smallest absolute Gasteiger partial charge is 0.309 e. The summed E-state index contributed by atoms with van der Waals surface area (Å²) in [6, 6.07) is 22.1. The number of carbonyl (C=O) groups is 1. The van der Waals surface area contributed by atoms with Crippen molar-refractivity contribution in [1.29, 1.82) is 5.41 Å². The van der Waals surface area contributed by atoms with Gasteiger partial charge in [0.1, 0.15) is 0 Å². The van der Waals surface area contributed by atoms with E-state index in [0.29, 0.717) is 29.9 Å². The highest BCUT2D eigenvalue weighted by Crippen LogP contribution is 2.32. The summed E-state index contributed by atoms with van der Waals surface area (Å²) in [5.41, 5.74) is 5.76. The van der Waals surface area contributed by atoms with Gasteiger partial charge < -0.3 is 5.41 Å². The monoisotopic (exact) mass is 546 g/mol. The maximum Gasteiger partial charge on any atom is 0.416 e. The van der Waals surface area contributed by atoms with E-state index >= 15 is 0 Å². The average molecular weight is 547 g/mol. The van der Waals surface area contributed by atoms with E-state index in [1.807, 2.05) is 61.5 Å². The predicted molar refractivity (Wildman–Crippen MR) is 148 cm³/mol. The fourth-order valence-corrected chi connectivity index (χ4v) is 4.56. The molecule has 1 aromatic heterocycles. The number of benzene rings is 3. The van der Waals surface area contributed by atoms with Crippen LogP contribution in [0.25, 0.3) is 23.0 Å². The summed E-state index contributed by atoms with van der Waals surface area (Å²) in [5.74, 6) is -0.735. The van der Waals surface area contributed by atoms with Gasteiger partial charge in [-0.05, 0) is 60.2 Å². The van der Waals surface area contributed by atoms with E-state index in [-0.39, 0.29) is 5.92 Å². The molecular weight excluding hydrogens is 517 g/mol. The molecule has 1 heterocycles. The molecule has 4 rings (SSSR count). The van der Waals surface area contributed by atoms with Crippen LogP contribution >= 0.6 is 0 Å². The first-order valence-electron chi connectivity index (χ1n) is 12.8. The van der Waals surface area contributed by atoms with Crippen LogP contribution in [0.4, 0.5) is 13.2 Å². The van der Waals surface area contributed by atoms with Gasteiger partial charge in [0, 0.05) is 29.5 Å². The van der Waals surface area contributed by atoms with Gasteiger partial charge in [0.15, 0.2) is 0 Å². The summed E-state index contributed by atoms with van der Waals surface area (Å²) in [6.45, 7) is 2.01. The Bertz CT molecular complexity index is 1490. The molecule has 1 amide bonds. The Morgan fingerprint density at radius 1 is 1.07 bits per heavy atom. The zero-order chi connectivity index (χ0) is 28.7. The van der Waals surface area contributed by atoms with Gasteiger partial charge in [-0.15, -0.1) is 0 Å². The molecule has 4 aromatic rings. The lowest BCUT2D eigenvalue weighted by atomic mass is 9.88. The summed E-state index contributed by atoms with van der Waals surface area (Å²) in [6.07, 6.45) is 1.75. The van der Waals surface area contributed by atoms with E-state index in [4.69, 9.17) is 10.6 Å². The zero-order valence-corrected chi connectivity index (χ0v) is 21.8. The Morgan fingerprint density at radius 3 is 2.45 bits per heavy atom. The standard InChI is InChI=1S/C31H29F3N4O2/c1-2-27(22-14-11-21(12-15-22)13-18-29(39)37-40)28(35)17-16-24-20-38(36-30(24)23-7-4-3-5-8-23)26-10-6-9-25(19-26)31(32,33)34/h3-15,18-20,27,35,40H,2,16-17H2,1H3,(H,37,39)/b18-13+,35-28?. The highest BCUT2D eigenvalue weighted by atomic mass is 19.4. The molecule has 206 valence electrons. The first-order valence-corrected chi connectivity index (χ1v) is 12.8. The fourth-order valence-electron chi connectivity index (χ4n) is 4.56.